The predicted octanol–water partition coefficient (Wildman–Crippen LogP) is 4.00. The van der Waals surface area contributed by atoms with Crippen molar-refractivity contribution in [2.24, 2.45) is 4.99 Å². The second-order valence-electron chi connectivity index (χ2n) is 8.01. The molecule has 0 aliphatic heterocycles. The van der Waals surface area contributed by atoms with E-state index in [2.05, 4.69) is 25.8 Å². The number of aliphatic imine (C=N–C) groups is 1. The summed E-state index contributed by atoms with van der Waals surface area (Å²) in [5.41, 5.74) is 1.50. The van der Waals surface area contributed by atoms with Crippen molar-refractivity contribution in [2.75, 3.05) is 12.4 Å². The number of benzene rings is 2. The zero-order chi connectivity index (χ0) is 23.3. The maximum atomic E-state index is 13.2. The van der Waals surface area contributed by atoms with Gasteiger partial charge in [-0.05, 0) is 68.8 Å². The molecule has 0 saturated carbocycles. The molecule has 0 aliphatic rings. The number of nitrogens with one attached hydrogen (secondary N) is 3. The number of guanidine groups is 1. The number of methoxy groups -OCH3 is 1. The summed E-state index contributed by atoms with van der Waals surface area (Å²) >= 11 is 0. The summed E-state index contributed by atoms with van der Waals surface area (Å²) in [4.78, 5) is 28.7. The number of amides is 1. The average molecular weight is 437 g/mol. The van der Waals surface area contributed by atoms with Gasteiger partial charge in [-0.25, -0.2) is 9.18 Å². The van der Waals surface area contributed by atoms with Gasteiger partial charge in [-0.15, -0.1) is 0 Å². The second-order valence-corrected chi connectivity index (χ2v) is 8.01. The first-order valence-corrected chi connectivity index (χ1v) is 9.82. The highest BCUT2D eigenvalue weighted by Crippen LogP contribution is 2.20. The molecule has 32 heavy (non-hydrogen) atoms. The first-order chi connectivity index (χ1) is 15.1. The molecule has 3 aromatic rings. The SMILES string of the molecule is COC(=O)c1cccc(C(=O)/N=C(\Nc2cc(-c3ccc(F)cc3)[nH]n2)NC(C)(C)C)c1. The molecule has 3 rings (SSSR count). The van der Waals surface area contributed by atoms with Crippen LogP contribution >= 0.6 is 0 Å². The van der Waals surface area contributed by atoms with Crippen molar-refractivity contribution >= 4 is 23.7 Å². The molecule has 9 heteroatoms. The first-order valence-electron chi connectivity index (χ1n) is 9.82. The summed E-state index contributed by atoms with van der Waals surface area (Å²) in [6.07, 6.45) is 0. The fourth-order valence-electron chi connectivity index (χ4n) is 2.79. The van der Waals surface area contributed by atoms with E-state index in [1.54, 1.807) is 36.4 Å². The predicted molar refractivity (Wildman–Crippen MR) is 120 cm³/mol. The van der Waals surface area contributed by atoms with Gasteiger partial charge in [0.1, 0.15) is 5.82 Å². The van der Waals surface area contributed by atoms with Crippen LogP contribution in [0.4, 0.5) is 10.2 Å². The smallest absolute Gasteiger partial charge is 0.337 e. The third-order valence-corrected chi connectivity index (χ3v) is 4.22. The lowest BCUT2D eigenvalue weighted by Crippen LogP contribution is -2.44. The van der Waals surface area contributed by atoms with Crippen molar-refractivity contribution < 1.29 is 18.7 Å². The lowest BCUT2D eigenvalue weighted by molar-refractivity contribution is 0.0600. The lowest BCUT2D eigenvalue weighted by atomic mass is 10.1. The number of halogens is 1. The van der Waals surface area contributed by atoms with Crippen LogP contribution in [0.2, 0.25) is 0 Å². The Labute approximate surface area is 184 Å². The minimum Gasteiger partial charge on any atom is -0.465 e. The number of esters is 1. The first kappa shape index (κ1) is 22.7. The standard InChI is InChI=1S/C23H24FN5O3/c1-23(2,3)27-22(26-20(30)15-6-5-7-16(12-15)21(31)32-4)25-19-13-18(28-29-19)14-8-10-17(24)11-9-14/h5-13H,1-4H3,(H3,25,26,27,28,29,30). The Morgan fingerprint density at radius 1 is 1.06 bits per heavy atom. The molecule has 0 unspecified atom stereocenters. The molecule has 166 valence electrons. The van der Waals surface area contributed by atoms with Gasteiger partial charge in [0.05, 0.1) is 18.4 Å². The van der Waals surface area contributed by atoms with Crippen LogP contribution in [-0.2, 0) is 4.74 Å². The summed E-state index contributed by atoms with van der Waals surface area (Å²) in [6, 6.07) is 13.8. The molecule has 0 aliphatic carbocycles. The molecule has 0 fully saturated rings. The molecule has 0 bridgehead atoms. The summed E-state index contributed by atoms with van der Waals surface area (Å²) in [6.45, 7) is 5.75. The Hall–Kier alpha value is -4.01. The third kappa shape index (κ3) is 6.00. The quantitative estimate of drug-likeness (QED) is 0.323. The van der Waals surface area contributed by atoms with Crippen LogP contribution in [0, 0.1) is 5.82 Å². The second kappa shape index (κ2) is 9.42. The fraction of sp³-hybridized carbons (Fsp3) is 0.217. The number of H-pyrrole nitrogens is 1. The van der Waals surface area contributed by atoms with Crippen LogP contribution in [0.1, 0.15) is 41.5 Å². The van der Waals surface area contributed by atoms with Crippen molar-refractivity contribution in [3.63, 3.8) is 0 Å². The van der Waals surface area contributed by atoms with E-state index in [1.807, 2.05) is 20.8 Å². The Kier molecular flexibility index (Phi) is 6.67. The number of hydrogen-bond acceptors (Lipinski definition) is 4. The number of rotatable bonds is 4. The largest absolute Gasteiger partial charge is 0.465 e. The molecule has 0 saturated heterocycles. The van der Waals surface area contributed by atoms with Gasteiger partial charge in [0.15, 0.2) is 5.82 Å². The number of anilines is 1. The van der Waals surface area contributed by atoms with Crippen LogP contribution < -0.4 is 10.6 Å². The van der Waals surface area contributed by atoms with Crippen molar-refractivity contribution in [3.05, 3.63) is 71.5 Å². The zero-order valence-corrected chi connectivity index (χ0v) is 18.2. The minimum atomic E-state index is -0.552. The Morgan fingerprint density at radius 2 is 1.75 bits per heavy atom. The molecular formula is C23H24FN5O3. The number of nitrogens with zero attached hydrogens (tertiary/aromatic N) is 2. The van der Waals surface area contributed by atoms with E-state index >= 15 is 0 Å². The van der Waals surface area contributed by atoms with Gasteiger partial charge in [0.2, 0.25) is 5.96 Å². The van der Waals surface area contributed by atoms with E-state index in [1.165, 1.54) is 25.3 Å². The van der Waals surface area contributed by atoms with Gasteiger partial charge < -0.3 is 15.4 Å². The van der Waals surface area contributed by atoms with E-state index < -0.39 is 17.4 Å². The topological polar surface area (TPSA) is 108 Å². The van der Waals surface area contributed by atoms with Gasteiger partial charge in [0, 0.05) is 17.2 Å². The number of ether oxygens (including phenoxy) is 1. The van der Waals surface area contributed by atoms with Gasteiger partial charge in [-0.1, -0.05) is 6.07 Å². The van der Waals surface area contributed by atoms with Crippen LogP contribution in [0.15, 0.2) is 59.6 Å². The Morgan fingerprint density at radius 3 is 2.41 bits per heavy atom. The summed E-state index contributed by atoms with van der Waals surface area (Å²) in [5, 5.41) is 13.2. The fourth-order valence-corrected chi connectivity index (χ4v) is 2.79. The number of carbonyl (C=O) groups excluding carboxylic acids is 2. The molecule has 1 aromatic heterocycles. The highest BCUT2D eigenvalue weighted by atomic mass is 19.1. The van der Waals surface area contributed by atoms with E-state index in [9.17, 15) is 14.0 Å². The highest BCUT2D eigenvalue weighted by Gasteiger charge is 2.17. The molecule has 0 spiro atoms. The molecular weight excluding hydrogens is 413 g/mol. The van der Waals surface area contributed by atoms with Crippen LogP contribution in [0.3, 0.4) is 0 Å². The highest BCUT2D eigenvalue weighted by molar-refractivity contribution is 6.07. The summed E-state index contributed by atoms with van der Waals surface area (Å²) in [7, 11) is 1.27. The van der Waals surface area contributed by atoms with E-state index in [0.29, 0.717) is 11.5 Å². The maximum absolute atomic E-state index is 13.2. The van der Waals surface area contributed by atoms with E-state index in [4.69, 9.17) is 4.74 Å². The van der Waals surface area contributed by atoms with Crippen LogP contribution in [0.25, 0.3) is 11.3 Å². The van der Waals surface area contributed by atoms with Crippen molar-refractivity contribution in [1.82, 2.24) is 15.5 Å². The van der Waals surface area contributed by atoms with Crippen molar-refractivity contribution in [1.29, 1.82) is 0 Å². The van der Waals surface area contributed by atoms with E-state index in [-0.39, 0.29) is 22.9 Å². The van der Waals surface area contributed by atoms with Gasteiger partial charge in [-0.2, -0.15) is 10.1 Å². The minimum absolute atomic E-state index is 0.183. The van der Waals surface area contributed by atoms with Gasteiger partial charge in [-0.3, -0.25) is 9.89 Å². The molecule has 1 amide bonds. The number of aromatic amines is 1. The number of aromatic nitrogens is 2. The monoisotopic (exact) mass is 437 g/mol. The summed E-state index contributed by atoms with van der Waals surface area (Å²) < 4.78 is 17.9. The molecule has 2 aromatic carbocycles. The number of hydrogen-bond donors (Lipinski definition) is 3. The lowest BCUT2D eigenvalue weighted by Gasteiger charge is -2.23. The molecule has 0 radical (unpaired) electrons. The van der Waals surface area contributed by atoms with Gasteiger partial charge >= 0.3 is 5.97 Å². The van der Waals surface area contributed by atoms with E-state index in [0.717, 1.165) is 5.56 Å². The Balaban J connectivity index is 1.85. The molecule has 0 atom stereocenters. The third-order valence-electron chi connectivity index (χ3n) is 4.22. The maximum Gasteiger partial charge on any atom is 0.337 e. The average Bonchev–Trinajstić information content (AvgIpc) is 3.20. The molecule has 1 heterocycles. The zero-order valence-electron chi connectivity index (χ0n) is 18.2. The van der Waals surface area contributed by atoms with Crippen molar-refractivity contribution in [2.45, 2.75) is 26.3 Å². The number of carbonyl (C=O) groups is 2. The Bertz CT molecular complexity index is 1150. The molecule has 8 nitrogen and oxygen atoms in total. The normalized spacial score (nSPS) is 11.7. The van der Waals surface area contributed by atoms with Crippen molar-refractivity contribution in [3.8, 4) is 11.3 Å². The van der Waals surface area contributed by atoms with Crippen LogP contribution in [-0.4, -0.2) is 40.7 Å². The van der Waals surface area contributed by atoms with Gasteiger partial charge in [0.25, 0.3) is 5.91 Å². The summed E-state index contributed by atoms with van der Waals surface area (Å²) in [5.74, 6) is -0.826. The molecule has 3 N–H and O–H groups in total. The van der Waals surface area contributed by atoms with Crippen LogP contribution in [0.5, 0.6) is 0 Å².